The minimum absolute atomic E-state index is 0.00415. The van der Waals surface area contributed by atoms with E-state index in [1.807, 2.05) is 6.07 Å². The summed E-state index contributed by atoms with van der Waals surface area (Å²) in [5, 5.41) is 8.80. The van der Waals surface area contributed by atoms with Gasteiger partial charge in [-0.3, -0.25) is 4.90 Å². The van der Waals surface area contributed by atoms with E-state index in [1.54, 1.807) is 0 Å². The van der Waals surface area contributed by atoms with Crippen molar-refractivity contribution in [3.63, 3.8) is 0 Å². The van der Waals surface area contributed by atoms with Crippen molar-refractivity contribution in [3.8, 4) is 6.07 Å². The van der Waals surface area contributed by atoms with Gasteiger partial charge < -0.3 is 4.74 Å². The molecule has 0 N–H and O–H groups in total. The number of nitrogens with zero attached hydrogens (tertiary/aromatic N) is 2. The molecule has 2 aromatic rings. The number of rotatable bonds is 3. The summed E-state index contributed by atoms with van der Waals surface area (Å²) in [6.07, 6.45) is 0.556. The highest BCUT2D eigenvalue weighted by molar-refractivity contribution is 5.36. The Morgan fingerprint density at radius 3 is 2.68 bits per heavy atom. The van der Waals surface area contributed by atoms with Crippen LogP contribution in [0.4, 0.5) is 0 Å². The molecule has 1 aliphatic heterocycles. The number of benzene rings is 2. The molecule has 0 aromatic heterocycles. The SMILES string of the molecule is N#CCCN1CCOC(c2ccccc2)c2ccccc2C1. The Morgan fingerprint density at radius 1 is 1.09 bits per heavy atom. The van der Waals surface area contributed by atoms with Crippen LogP contribution in [0.1, 0.15) is 29.2 Å². The van der Waals surface area contributed by atoms with Crippen molar-refractivity contribution in [2.24, 2.45) is 0 Å². The molecule has 112 valence electrons. The number of ether oxygens (including phenoxy) is 1. The van der Waals surface area contributed by atoms with Gasteiger partial charge in [0.25, 0.3) is 0 Å². The molecular weight excluding hydrogens is 272 g/mol. The van der Waals surface area contributed by atoms with E-state index in [4.69, 9.17) is 10.00 Å². The first-order chi connectivity index (χ1) is 10.9. The lowest BCUT2D eigenvalue weighted by molar-refractivity contribution is 0.0498. The second-order valence-electron chi connectivity index (χ2n) is 5.54. The van der Waals surface area contributed by atoms with Crippen LogP contribution in [0.25, 0.3) is 0 Å². The maximum Gasteiger partial charge on any atom is 0.108 e. The van der Waals surface area contributed by atoms with Crippen molar-refractivity contribution in [2.75, 3.05) is 19.7 Å². The molecule has 0 bridgehead atoms. The van der Waals surface area contributed by atoms with Crippen LogP contribution in [0, 0.1) is 11.3 Å². The Bertz CT molecular complexity index is 648. The zero-order chi connectivity index (χ0) is 15.2. The molecule has 3 nitrogen and oxygen atoms in total. The second-order valence-corrected chi connectivity index (χ2v) is 5.54. The van der Waals surface area contributed by atoms with Gasteiger partial charge in [0, 0.05) is 26.1 Å². The maximum atomic E-state index is 8.80. The van der Waals surface area contributed by atoms with Gasteiger partial charge in [-0.15, -0.1) is 0 Å². The highest BCUT2D eigenvalue weighted by atomic mass is 16.5. The van der Waals surface area contributed by atoms with E-state index in [0.29, 0.717) is 13.0 Å². The number of nitriles is 1. The fraction of sp³-hybridized carbons (Fsp3) is 0.316. The van der Waals surface area contributed by atoms with E-state index < -0.39 is 0 Å². The highest BCUT2D eigenvalue weighted by Crippen LogP contribution is 2.30. The van der Waals surface area contributed by atoms with Gasteiger partial charge in [-0.1, -0.05) is 54.6 Å². The average molecular weight is 292 g/mol. The first-order valence-corrected chi connectivity index (χ1v) is 7.72. The zero-order valence-electron chi connectivity index (χ0n) is 12.6. The zero-order valence-corrected chi connectivity index (χ0v) is 12.6. The Hall–Kier alpha value is -2.15. The van der Waals surface area contributed by atoms with E-state index >= 15 is 0 Å². The Kier molecular flexibility index (Phi) is 4.85. The smallest absolute Gasteiger partial charge is 0.108 e. The molecular formula is C19H20N2O. The summed E-state index contributed by atoms with van der Waals surface area (Å²) < 4.78 is 6.18. The quantitative estimate of drug-likeness (QED) is 0.868. The minimum Gasteiger partial charge on any atom is -0.367 e. The van der Waals surface area contributed by atoms with Gasteiger partial charge in [0.2, 0.25) is 0 Å². The van der Waals surface area contributed by atoms with E-state index in [-0.39, 0.29) is 6.10 Å². The van der Waals surface area contributed by atoms with Crippen molar-refractivity contribution >= 4 is 0 Å². The Morgan fingerprint density at radius 2 is 1.86 bits per heavy atom. The van der Waals surface area contributed by atoms with Gasteiger partial charge in [0.1, 0.15) is 6.10 Å². The Labute approximate surface area is 131 Å². The standard InChI is InChI=1S/C19H20N2O/c20-11-6-12-21-13-14-22-19(16-7-2-1-3-8-16)18-10-5-4-9-17(18)15-21/h1-5,7-10,19H,6,12-15H2. The molecule has 0 spiro atoms. The third-order valence-electron chi connectivity index (χ3n) is 4.07. The normalized spacial score (nSPS) is 18.8. The van der Waals surface area contributed by atoms with Gasteiger partial charge in [-0.05, 0) is 16.7 Å². The van der Waals surface area contributed by atoms with Crippen LogP contribution in [0.15, 0.2) is 54.6 Å². The van der Waals surface area contributed by atoms with Crippen LogP contribution < -0.4 is 0 Å². The van der Waals surface area contributed by atoms with Gasteiger partial charge in [-0.2, -0.15) is 5.26 Å². The monoisotopic (exact) mass is 292 g/mol. The summed E-state index contributed by atoms with van der Waals surface area (Å²) in [6.45, 7) is 3.22. The molecule has 1 atom stereocenters. The summed E-state index contributed by atoms with van der Waals surface area (Å²) in [4.78, 5) is 2.29. The van der Waals surface area contributed by atoms with E-state index in [1.165, 1.54) is 16.7 Å². The molecule has 22 heavy (non-hydrogen) atoms. The fourth-order valence-electron chi connectivity index (χ4n) is 2.95. The van der Waals surface area contributed by atoms with Crippen LogP contribution in [-0.2, 0) is 11.3 Å². The lowest BCUT2D eigenvalue weighted by Crippen LogP contribution is -2.31. The van der Waals surface area contributed by atoms with Crippen molar-refractivity contribution in [3.05, 3.63) is 71.3 Å². The van der Waals surface area contributed by atoms with Gasteiger partial charge >= 0.3 is 0 Å². The molecule has 0 fully saturated rings. The first kappa shape index (κ1) is 14.8. The lowest BCUT2D eigenvalue weighted by atomic mass is 9.95. The van der Waals surface area contributed by atoms with E-state index in [0.717, 1.165) is 19.6 Å². The van der Waals surface area contributed by atoms with Crippen molar-refractivity contribution in [1.29, 1.82) is 5.26 Å². The summed E-state index contributed by atoms with van der Waals surface area (Å²) in [5.74, 6) is 0. The van der Waals surface area contributed by atoms with Crippen LogP contribution >= 0.6 is 0 Å². The van der Waals surface area contributed by atoms with Crippen molar-refractivity contribution < 1.29 is 4.74 Å². The summed E-state index contributed by atoms with van der Waals surface area (Å²) in [5.41, 5.74) is 3.71. The predicted molar refractivity (Wildman–Crippen MR) is 86.2 cm³/mol. The molecule has 2 aromatic carbocycles. The summed E-state index contributed by atoms with van der Waals surface area (Å²) >= 11 is 0. The molecule has 0 saturated carbocycles. The van der Waals surface area contributed by atoms with Crippen LogP contribution in [0.5, 0.6) is 0 Å². The van der Waals surface area contributed by atoms with Gasteiger partial charge in [0.05, 0.1) is 12.7 Å². The molecule has 0 radical (unpaired) electrons. The summed E-state index contributed by atoms with van der Waals surface area (Å²) in [7, 11) is 0. The molecule has 1 unspecified atom stereocenters. The van der Waals surface area contributed by atoms with E-state index in [2.05, 4.69) is 59.5 Å². The van der Waals surface area contributed by atoms with Crippen molar-refractivity contribution in [1.82, 2.24) is 4.90 Å². The van der Waals surface area contributed by atoms with Crippen molar-refractivity contribution in [2.45, 2.75) is 19.1 Å². The molecule has 0 aliphatic carbocycles. The molecule has 3 heteroatoms. The second kappa shape index (κ2) is 7.22. The highest BCUT2D eigenvalue weighted by Gasteiger charge is 2.21. The van der Waals surface area contributed by atoms with E-state index in [9.17, 15) is 0 Å². The van der Waals surface area contributed by atoms with Gasteiger partial charge in [0.15, 0.2) is 0 Å². The number of hydrogen-bond donors (Lipinski definition) is 0. The molecule has 1 heterocycles. The van der Waals surface area contributed by atoms with Crippen LogP contribution in [0.3, 0.4) is 0 Å². The number of fused-ring (bicyclic) bond motifs is 1. The van der Waals surface area contributed by atoms with Crippen LogP contribution in [-0.4, -0.2) is 24.6 Å². The van der Waals surface area contributed by atoms with Gasteiger partial charge in [-0.25, -0.2) is 0 Å². The molecule has 0 amide bonds. The molecule has 0 saturated heterocycles. The van der Waals surface area contributed by atoms with Crippen LogP contribution in [0.2, 0.25) is 0 Å². The lowest BCUT2D eigenvalue weighted by Gasteiger charge is -2.30. The predicted octanol–water partition coefficient (Wildman–Crippen LogP) is 3.52. The Balaban J connectivity index is 1.91. The maximum absolute atomic E-state index is 8.80. The summed E-state index contributed by atoms with van der Waals surface area (Å²) in [6, 6.07) is 21.1. The average Bonchev–Trinajstić information content (AvgIpc) is 2.55. The first-order valence-electron chi connectivity index (χ1n) is 7.72. The third-order valence-corrected chi connectivity index (χ3v) is 4.07. The third kappa shape index (κ3) is 3.36. The molecule has 3 rings (SSSR count). The number of hydrogen-bond acceptors (Lipinski definition) is 3. The largest absolute Gasteiger partial charge is 0.367 e. The fourth-order valence-corrected chi connectivity index (χ4v) is 2.95. The minimum atomic E-state index is -0.00415. The topological polar surface area (TPSA) is 36.3 Å². The molecule has 1 aliphatic rings.